The van der Waals surface area contributed by atoms with Crippen LogP contribution in [0.5, 0.6) is 0 Å². The van der Waals surface area contributed by atoms with Gasteiger partial charge in [0.1, 0.15) is 0 Å². The minimum atomic E-state index is 0.143. The molecule has 2 N–H and O–H groups in total. The molecule has 0 aliphatic carbocycles. The summed E-state index contributed by atoms with van der Waals surface area (Å²) >= 11 is 0. The zero-order valence-corrected chi connectivity index (χ0v) is 26.9. The third-order valence-electron chi connectivity index (χ3n) is 10.2. The van der Waals surface area contributed by atoms with E-state index in [1.54, 1.807) is 0 Å². The maximum atomic E-state index is 3.95. The Morgan fingerprint density at radius 2 is 0.980 bits per heavy atom. The van der Waals surface area contributed by atoms with Crippen LogP contribution >= 0.6 is 0 Å². The Kier molecular flexibility index (Phi) is 6.31. The van der Waals surface area contributed by atoms with Crippen LogP contribution in [-0.2, 0) is 0 Å². The van der Waals surface area contributed by atoms with Crippen molar-refractivity contribution in [3.05, 3.63) is 175 Å². The summed E-state index contributed by atoms with van der Waals surface area (Å²) in [7, 11) is 0. The summed E-state index contributed by atoms with van der Waals surface area (Å²) in [6, 6.07) is 61.8. The van der Waals surface area contributed by atoms with E-state index in [1.165, 1.54) is 88.2 Å². The van der Waals surface area contributed by atoms with Crippen molar-refractivity contribution in [1.82, 2.24) is 4.57 Å². The average Bonchev–Trinajstić information content (AvgIpc) is 3.52. The predicted molar refractivity (Wildman–Crippen MR) is 208 cm³/mol. The first kappa shape index (κ1) is 27.8. The molecular weight excluding hydrogens is 595 g/mol. The second-order valence-electron chi connectivity index (χ2n) is 13.0. The van der Waals surface area contributed by atoms with Crippen LogP contribution in [-0.4, -0.2) is 11.1 Å². The van der Waals surface area contributed by atoms with Gasteiger partial charge in [-0.3, -0.25) is 0 Å². The molecule has 2 heterocycles. The third-order valence-corrected chi connectivity index (χ3v) is 10.2. The van der Waals surface area contributed by atoms with Gasteiger partial charge in [0.2, 0.25) is 0 Å². The van der Waals surface area contributed by atoms with E-state index < -0.39 is 0 Å². The highest BCUT2D eigenvalue weighted by Crippen LogP contribution is 2.44. The van der Waals surface area contributed by atoms with Crippen LogP contribution < -0.4 is 10.6 Å². The summed E-state index contributed by atoms with van der Waals surface area (Å²) < 4.78 is 2.37. The van der Waals surface area contributed by atoms with Crippen LogP contribution in [0, 0.1) is 0 Å². The third kappa shape index (κ3) is 4.51. The van der Waals surface area contributed by atoms with Crippen molar-refractivity contribution >= 4 is 54.7 Å². The Morgan fingerprint density at radius 1 is 0.408 bits per heavy atom. The fourth-order valence-electron chi connectivity index (χ4n) is 7.93. The van der Waals surface area contributed by atoms with E-state index in [0.29, 0.717) is 0 Å². The van der Waals surface area contributed by atoms with Crippen LogP contribution in [0.15, 0.2) is 170 Å². The molecule has 0 saturated heterocycles. The Bertz CT molecular complexity index is 2700. The standard InChI is InChI=1S/C46H33N3/c1-2-16-35(17-3-1)49-43-23-9-8-20-38(43)41-28-33(24-25-44(41)49)31-13-10-12-30(26-31)32-14-11-15-34(27-32)42-29-47-45-39-21-6-4-18-36(39)37-19-5-7-22-40(37)46(45)48-42/h1-28,42,47-48H,29H2. The minimum Gasteiger partial charge on any atom is -0.380 e. The van der Waals surface area contributed by atoms with Crippen molar-refractivity contribution in [2.45, 2.75) is 6.04 Å². The van der Waals surface area contributed by atoms with E-state index in [9.17, 15) is 0 Å². The van der Waals surface area contributed by atoms with Crippen LogP contribution in [0.2, 0.25) is 0 Å². The maximum absolute atomic E-state index is 3.95. The molecule has 1 atom stereocenters. The first-order valence-electron chi connectivity index (χ1n) is 17.0. The zero-order chi connectivity index (χ0) is 32.3. The Hall–Kier alpha value is -6.32. The number of benzene rings is 8. The van der Waals surface area contributed by atoms with E-state index in [-0.39, 0.29) is 6.04 Å². The van der Waals surface area contributed by atoms with Crippen LogP contribution in [0.3, 0.4) is 0 Å². The van der Waals surface area contributed by atoms with Crippen LogP contribution in [0.25, 0.3) is 71.3 Å². The van der Waals surface area contributed by atoms with Gasteiger partial charge in [0.15, 0.2) is 0 Å². The molecule has 1 aromatic heterocycles. The molecule has 1 unspecified atom stereocenters. The van der Waals surface area contributed by atoms with E-state index in [1.807, 2.05) is 0 Å². The smallest absolute Gasteiger partial charge is 0.0687 e. The van der Waals surface area contributed by atoms with Gasteiger partial charge in [-0.15, -0.1) is 0 Å². The van der Waals surface area contributed by atoms with Crippen LogP contribution in [0.1, 0.15) is 11.6 Å². The zero-order valence-electron chi connectivity index (χ0n) is 26.9. The lowest BCUT2D eigenvalue weighted by Crippen LogP contribution is -2.26. The van der Waals surface area contributed by atoms with Gasteiger partial charge in [0, 0.05) is 33.8 Å². The number of hydrogen-bond acceptors (Lipinski definition) is 2. The fourth-order valence-corrected chi connectivity index (χ4v) is 7.93. The largest absolute Gasteiger partial charge is 0.380 e. The first-order chi connectivity index (χ1) is 24.3. The molecule has 0 spiro atoms. The predicted octanol–water partition coefficient (Wildman–Crippen LogP) is 12.0. The number of rotatable bonds is 4. The molecule has 9 aromatic rings. The lowest BCUT2D eigenvalue weighted by atomic mass is 9.93. The number of fused-ring (bicyclic) bond motifs is 9. The molecule has 0 bridgehead atoms. The molecule has 1 aliphatic heterocycles. The van der Waals surface area contributed by atoms with E-state index in [2.05, 4.69) is 185 Å². The van der Waals surface area contributed by atoms with Crippen LogP contribution in [0.4, 0.5) is 11.4 Å². The van der Waals surface area contributed by atoms with Crippen molar-refractivity contribution in [3.63, 3.8) is 0 Å². The van der Waals surface area contributed by atoms with Gasteiger partial charge >= 0.3 is 0 Å². The Morgan fingerprint density at radius 3 is 1.73 bits per heavy atom. The summed E-state index contributed by atoms with van der Waals surface area (Å²) in [6.07, 6.45) is 0. The second kappa shape index (κ2) is 11.1. The van der Waals surface area contributed by atoms with Gasteiger partial charge in [0.05, 0.1) is 28.5 Å². The normalized spacial score (nSPS) is 14.2. The summed E-state index contributed by atoms with van der Waals surface area (Å²) in [6.45, 7) is 0.815. The Labute approximate surface area is 285 Å². The quantitative estimate of drug-likeness (QED) is 0.190. The number of hydrogen-bond donors (Lipinski definition) is 2. The molecule has 8 aromatic carbocycles. The van der Waals surface area contributed by atoms with Gasteiger partial charge in [-0.25, -0.2) is 0 Å². The van der Waals surface area contributed by atoms with Crippen molar-refractivity contribution in [3.8, 4) is 27.9 Å². The van der Waals surface area contributed by atoms with Gasteiger partial charge in [-0.05, 0) is 81.1 Å². The number of anilines is 2. The van der Waals surface area contributed by atoms with Gasteiger partial charge in [-0.1, -0.05) is 127 Å². The monoisotopic (exact) mass is 627 g/mol. The molecule has 1 aliphatic rings. The topological polar surface area (TPSA) is 29.0 Å². The molecule has 49 heavy (non-hydrogen) atoms. The summed E-state index contributed by atoms with van der Waals surface area (Å²) in [5.41, 5.74) is 12.1. The molecule has 232 valence electrons. The fraction of sp³-hybridized carbons (Fsp3) is 0.0435. The molecule has 0 radical (unpaired) electrons. The summed E-state index contributed by atoms with van der Waals surface area (Å²) in [5.74, 6) is 0. The van der Waals surface area contributed by atoms with Gasteiger partial charge in [-0.2, -0.15) is 0 Å². The summed E-state index contributed by atoms with van der Waals surface area (Å²) in [4.78, 5) is 0. The van der Waals surface area contributed by atoms with Crippen molar-refractivity contribution in [1.29, 1.82) is 0 Å². The molecule has 10 rings (SSSR count). The van der Waals surface area contributed by atoms with E-state index in [4.69, 9.17) is 0 Å². The number of aromatic nitrogens is 1. The lowest BCUT2D eigenvalue weighted by Gasteiger charge is -2.31. The molecular formula is C46H33N3. The van der Waals surface area contributed by atoms with Crippen molar-refractivity contribution < 1.29 is 0 Å². The van der Waals surface area contributed by atoms with Crippen molar-refractivity contribution in [2.24, 2.45) is 0 Å². The first-order valence-corrected chi connectivity index (χ1v) is 17.0. The van der Waals surface area contributed by atoms with Crippen molar-refractivity contribution in [2.75, 3.05) is 17.2 Å². The van der Waals surface area contributed by atoms with Gasteiger partial charge in [0.25, 0.3) is 0 Å². The number of nitrogens with one attached hydrogen (secondary N) is 2. The number of para-hydroxylation sites is 2. The van der Waals surface area contributed by atoms with E-state index >= 15 is 0 Å². The molecule has 0 amide bonds. The summed E-state index contributed by atoms with van der Waals surface area (Å²) in [5, 5.41) is 15.4. The molecule has 0 saturated carbocycles. The average molecular weight is 628 g/mol. The highest BCUT2D eigenvalue weighted by Gasteiger charge is 2.23. The molecule has 0 fully saturated rings. The lowest BCUT2D eigenvalue weighted by molar-refractivity contribution is 0.808. The molecule has 3 heteroatoms. The minimum absolute atomic E-state index is 0.143. The second-order valence-corrected chi connectivity index (χ2v) is 13.0. The highest BCUT2D eigenvalue weighted by atomic mass is 15.1. The SMILES string of the molecule is c1ccc(-n2c3ccccc3c3cc(-c4cccc(-c5cccc(C6CNc7c(c8ccccc8c8ccccc78)N6)c5)c4)ccc32)cc1. The number of nitrogens with zero attached hydrogens (tertiary/aromatic N) is 1. The van der Waals surface area contributed by atoms with E-state index in [0.717, 1.165) is 6.54 Å². The Balaban J connectivity index is 1.01. The van der Waals surface area contributed by atoms with Gasteiger partial charge < -0.3 is 15.2 Å². The molecule has 3 nitrogen and oxygen atoms in total. The maximum Gasteiger partial charge on any atom is 0.0687 e. The highest BCUT2D eigenvalue weighted by molar-refractivity contribution is 6.20.